The van der Waals surface area contributed by atoms with Crippen molar-refractivity contribution in [3.05, 3.63) is 39.9 Å². The molecule has 0 amide bonds. The minimum Gasteiger partial charge on any atom is -0.493 e. The standard InChI is InChI=1S/C20H24BrNO5/c1-23-16-7-6-14(19(26-4)20(16)27-5)12-22-9-8-13-10-17(24-2)18(25-3)11-15(13)21/h6-7,10-12H,8-9H2,1-5H3. The van der Waals surface area contributed by atoms with E-state index in [4.69, 9.17) is 23.7 Å². The van der Waals surface area contributed by atoms with Crippen molar-refractivity contribution in [3.8, 4) is 28.7 Å². The molecule has 0 bridgehead atoms. The van der Waals surface area contributed by atoms with Gasteiger partial charge in [0.05, 0.1) is 35.5 Å². The van der Waals surface area contributed by atoms with Crippen LogP contribution < -0.4 is 23.7 Å². The van der Waals surface area contributed by atoms with Gasteiger partial charge in [-0.2, -0.15) is 0 Å². The van der Waals surface area contributed by atoms with E-state index < -0.39 is 0 Å². The van der Waals surface area contributed by atoms with Crippen LogP contribution >= 0.6 is 15.9 Å². The van der Waals surface area contributed by atoms with Crippen LogP contribution in [0.4, 0.5) is 0 Å². The maximum absolute atomic E-state index is 5.47. The number of hydrogen-bond acceptors (Lipinski definition) is 6. The molecule has 6 nitrogen and oxygen atoms in total. The predicted molar refractivity (Wildman–Crippen MR) is 110 cm³/mol. The van der Waals surface area contributed by atoms with Crippen molar-refractivity contribution in [1.29, 1.82) is 0 Å². The van der Waals surface area contributed by atoms with Crippen LogP contribution in [0.3, 0.4) is 0 Å². The minimum absolute atomic E-state index is 0.548. The SMILES string of the molecule is COc1cc(Br)c(CCN=Cc2ccc(OC)c(OC)c2OC)cc1OC. The average molecular weight is 438 g/mol. The van der Waals surface area contributed by atoms with Gasteiger partial charge >= 0.3 is 0 Å². The lowest BCUT2D eigenvalue weighted by atomic mass is 10.1. The molecule has 0 saturated carbocycles. The lowest BCUT2D eigenvalue weighted by Crippen LogP contribution is -1.99. The second-order valence-corrected chi connectivity index (χ2v) is 6.36. The highest BCUT2D eigenvalue weighted by Gasteiger charge is 2.14. The molecule has 0 atom stereocenters. The van der Waals surface area contributed by atoms with Gasteiger partial charge in [-0.25, -0.2) is 0 Å². The van der Waals surface area contributed by atoms with E-state index in [0.717, 1.165) is 22.0 Å². The third-order valence-corrected chi connectivity index (χ3v) is 4.77. The molecule has 146 valence electrons. The Labute approximate surface area is 168 Å². The summed E-state index contributed by atoms with van der Waals surface area (Å²) in [5.74, 6) is 3.13. The van der Waals surface area contributed by atoms with Crippen molar-refractivity contribution in [2.75, 3.05) is 42.1 Å². The highest BCUT2D eigenvalue weighted by molar-refractivity contribution is 9.10. The van der Waals surface area contributed by atoms with Crippen molar-refractivity contribution in [3.63, 3.8) is 0 Å². The van der Waals surface area contributed by atoms with E-state index in [1.807, 2.05) is 24.3 Å². The molecule has 0 fully saturated rings. The molecular formula is C20H24BrNO5. The molecule has 2 rings (SSSR count). The van der Waals surface area contributed by atoms with E-state index in [-0.39, 0.29) is 0 Å². The smallest absolute Gasteiger partial charge is 0.203 e. The maximum atomic E-state index is 5.47. The first-order valence-electron chi connectivity index (χ1n) is 8.28. The largest absolute Gasteiger partial charge is 0.493 e. The van der Waals surface area contributed by atoms with Gasteiger partial charge in [-0.3, -0.25) is 4.99 Å². The summed E-state index contributed by atoms with van der Waals surface area (Å²) in [6, 6.07) is 7.56. The number of rotatable bonds is 9. The summed E-state index contributed by atoms with van der Waals surface area (Å²) < 4.78 is 27.8. The molecule has 0 N–H and O–H groups in total. The molecule has 2 aromatic rings. The van der Waals surface area contributed by atoms with Gasteiger partial charge in [0.1, 0.15) is 0 Å². The minimum atomic E-state index is 0.548. The van der Waals surface area contributed by atoms with Crippen molar-refractivity contribution >= 4 is 22.1 Å². The number of benzene rings is 2. The maximum Gasteiger partial charge on any atom is 0.203 e. The fourth-order valence-corrected chi connectivity index (χ4v) is 3.18. The van der Waals surface area contributed by atoms with E-state index in [9.17, 15) is 0 Å². The van der Waals surface area contributed by atoms with Gasteiger partial charge in [0, 0.05) is 22.8 Å². The topological polar surface area (TPSA) is 58.5 Å². The number of ether oxygens (including phenoxy) is 5. The number of aliphatic imine (C=N–C) groups is 1. The Balaban J connectivity index is 2.15. The second-order valence-electron chi connectivity index (χ2n) is 5.51. The summed E-state index contributed by atoms with van der Waals surface area (Å²) in [5.41, 5.74) is 1.91. The Morgan fingerprint density at radius 3 is 2.04 bits per heavy atom. The summed E-state index contributed by atoms with van der Waals surface area (Å²) in [4.78, 5) is 4.52. The second kappa shape index (κ2) is 10.1. The van der Waals surface area contributed by atoms with Crippen molar-refractivity contribution in [2.24, 2.45) is 4.99 Å². The molecule has 0 aliphatic carbocycles. The average Bonchev–Trinajstić information content (AvgIpc) is 2.70. The fraction of sp³-hybridized carbons (Fsp3) is 0.350. The van der Waals surface area contributed by atoms with Gasteiger partial charge < -0.3 is 23.7 Å². The lowest BCUT2D eigenvalue weighted by molar-refractivity contribution is 0.324. The molecule has 0 aromatic heterocycles. The zero-order valence-electron chi connectivity index (χ0n) is 16.2. The first-order valence-corrected chi connectivity index (χ1v) is 9.08. The summed E-state index contributed by atoms with van der Waals surface area (Å²) in [7, 11) is 8.00. The van der Waals surface area contributed by atoms with E-state index in [0.29, 0.717) is 35.3 Å². The number of hydrogen-bond donors (Lipinski definition) is 0. The highest BCUT2D eigenvalue weighted by Crippen LogP contribution is 2.39. The zero-order chi connectivity index (χ0) is 19.8. The van der Waals surface area contributed by atoms with Crippen molar-refractivity contribution in [2.45, 2.75) is 6.42 Å². The molecule has 0 aliphatic heterocycles. The van der Waals surface area contributed by atoms with E-state index >= 15 is 0 Å². The number of nitrogens with zero attached hydrogens (tertiary/aromatic N) is 1. The van der Waals surface area contributed by atoms with Gasteiger partial charge in [0.2, 0.25) is 5.75 Å². The van der Waals surface area contributed by atoms with E-state index in [1.54, 1.807) is 41.8 Å². The van der Waals surface area contributed by atoms with Crippen LogP contribution in [0.15, 0.2) is 33.7 Å². The van der Waals surface area contributed by atoms with E-state index in [2.05, 4.69) is 20.9 Å². The van der Waals surface area contributed by atoms with Crippen LogP contribution in [0.5, 0.6) is 28.7 Å². The highest BCUT2D eigenvalue weighted by atomic mass is 79.9. The molecule has 27 heavy (non-hydrogen) atoms. The van der Waals surface area contributed by atoms with Crippen LogP contribution in [0.25, 0.3) is 0 Å². The molecular weight excluding hydrogens is 414 g/mol. The summed E-state index contributed by atoms with van der Waals surface area (Å²) in [5, 5.41) is 0. The van der Waals surface area contributed by atoms with Crippen LogP contribution in [0, 0.1) is 0 Å². The van der Waals surface area contributed by atoms with Crippen LogP contribution in [-0.2, 0) is 6.42 Å². The summed E-state index contributed by atoms with van der Waals surface area (Å²) in [6.45, 7) is 0.603. The van der Waals surface area contributed by atoms with Gasteiger partial charge in [-0.15, -0.1) is 0 Å². The Morgan fingerprint density at radius 2 is 1.44 bits per heavy atom. The molecule has 7 heteroatoms. The number of halogens is 1. The van der Waals surface area contributed by atoms with E-state index in [1.165, 1.54) is 0 Å². The molecule has 0 saturated heterocycles. The zero-order valence-corrected chi connectivity index (χ0v) is 17.8. The molecule has 0 spiro atoms. The van der Waals surface area contributed by atoms with Crippen LogP contribution in [0.1, 0.15) is 11.1 Å². The monoisotopic (exact) mass is 437 g/mol. The van der Waals surface area contributed by atoms with Gasteiger partial charge in [-0.1, -0.05) is 15.9 Å². The Bertz CT molecular complexity index is 807. The van der Waals surface area contributed by atoms with Gasteiger partial charge in [0.15, 0.2) is 23.0 Å². The summed E-state index contributed by atoms with van der Waals surface area (Å²) >= 11 is 3.57. The lowest BCUT2D eigenvalue weighted by Gasteiger charge is -2.13. The summed E-state index contributed by atoms with van der Waals surface area (Å²) in [6.07, 6.45) is 2.52. The quantitative estimate of drug-likeness (QED) is 0.551. The predicted octanol–water partition coefficient (Wildman–Crippen LogP) is 4.15. The third-order valence-electron chi connectivity index (χ3n) is 4.03. The Hall–Kier alpha value is -2.41. The molecule has 0 unspecified atom stereocenters. The van der Waals surface area contributed by atoms with Crippen molar-refractivity contribution in [1.82, 2.24) is 0 Å². The first kappa shape index (κ1) is 20.9. The molecule has 0 radical (unpaired) electrons. The molecule has 0 heterocycles. The van der Waals surface area contributed by atoms with Gasteiger partial charge in [0.25, 0.3) is 0 Å². The van der Waals surface area contributed by atoms with Gasteiger partial charge in [-0.05, 0) is 36.2 Å². The van der Waals surface area contributed by atoms with Crippen LogP contribution in [-0.4, -0.2) is 48.3 Å². The Kier molecular flexibility index (Phi) is 7.79. The molecule has 2 aromatic carbocycles. The normalized spacial score (nSPS) is 10.7. The Morgan fingerprint density at radius 1 is 0.815 bits per heavy atom. The third kappa shape index (κ3) is 4.86. The van der Waals surface area contributed by atoms with Crippen LogP contribution in [0.2, 0.25) is 0 Å². The fourth-order valence-electron chi connectivity index (χ4n) is 2.66. The number of methoxy groups -OCH3 is 5. The first-order chi connectivity index (χ1) is 13.1. The van der Waals surface area contributed by atoms with Crippen molar-refractivity contribution < 1.29 is 23.7 Å². The molecule has 0 aliphatic rings.